The number of hydrogen-bond acceptors (Lipinski definition) is 5. The van der Waals surface area contributed by atoms with Crippen molar-refractivity contribution < 1.29 is 19.3 Å². The van der Waals surface area contributed by atoms with Crippen molar-refractivity contribution in [3.05, 3.63) is 59.7 Å². The Labute approximate surface area is 166 Å². The molecule has 2 heterocycles. The molecule has 4 rings (SSSR count). The molecule has 0 spiro atoms. The van der Waals surface area contributed by atoms with Crippen LogP contribution in [0.3, 0.4) is 0 Å². The van der Waals surface area contributed by atoms with Gasteiger partial charge in [0.05, 0.1) is 27.4 Å². The van der Waals surface area contributed by atoms with Crippen LogP contribution < -0.4 is 14.2 Å². The van der Waals surface area contributed by atoms with Crippen molar-refractivity contribution in [2.24, 2.45) is 5.41 Å². The smallest absolute Gasteiger partial charge is 0.126 e. The molecule has 2 aliphatic heterocycles. The average molecular weight is 381 g/mol. The maximum atomic E-state index is 10.2. The van der Waals surface area contributed by atoms with E-state index in [1.54, 1.807) is 14.2 Å². The number of likely N-dealkylation sites (tertiary alicyclic amines) is 1. The lowest BCUT2D eigenvalue weighted by Gasteiger charge is -2.38. The highest BCUT2D eigenvalue weighted by atomic mass is 16.5. The second kappa shape index (κ2) is 7.86. The van der Waals surface area contributed by atoms with Crippen LogP contribution in [0.4, 0.5) is 0 Å². The van der Waals surface area contributed by atoms with E-state index in [0.717, 1.165) is 42.4 Å². The summed E-state index contributed by atoms with van der Waals surface area (Å²) in [5.41, 5.74) is 2.08. The Hall–Kier alpha value is -2.50. The Morgan fingerprint density at radius 3 is 2.61 bits per heavy atom. The van der Waals surface area contributed by atoms with Crippen molar-refractivity contribution in [2.45, 2.75) is 5.92 Å². The van der Waals surface area contributed by atoms with Crippen LogP contribution in [0.25, 0.3) is 6.08 Å². The first-order valence-electron chi connectivity index (χ1n) is 9.62. The van der Waals surface area contributed by atoms with Crippen molar-refractivity contribution in [3.63, 3.8) is 0 Å². The fraction of sp³-hybridized carbons (Fsp3) is 0.391. The van der Waals surface area contributed by atoms with Gasteiger partial charge in [-0.15, -0.1) is 0 Å². The number of rotatable bonds is 6. The van der Waals surface area contributed by atoms with E-state index in [0.29, 0.717) is 6.61 Å². The molecule has 5 nitrogen and oxygen atoms in total. The first kappa shape index (κ1) is 18.8. The van der Waals surface area contributed by atoms with E-state index in [9.17, 15) is 5.11 Å². The van der Waals surface area contributed by atoms with Gasteiger partial charge in [-0.25, -0.2) is 0 Å². The molecule has 5 heteroatoms. The molecule has 0 bridgehead atoms. The molecule has 0 saturated carbocycles. The van der Waals surface area contributed by atoms with Crippen molar-refractivity contribution in [2.75, 3.05) is 47.1 Å². The number of fused-ring (bicyclic) bond motifs is 3. The Morgan fingerprint density at radius 1 is 1.14 bits per heavy atom. The Balaban J connectivity index is 1.47. The maximum Gasteiger partial charge on any atom is 0.126 e. The van der Waals surface area contributed by atoms with Crippen LogP contribution in [0, 0.1) is 5.41 Å². The highest BCUT2D eigenvalue weighted by Gasteiger charge is 2.50. The zero-order chi connectivity index (χ0) is 19.6. The molecule has 0 aliphatic carbocycles. The van der Waals surface area contributed by atoms with Crippen LogP contribution in [0.5, 0.6) is 17.2 Å². The van der Waals surface area contributed by atoms with E-state index < -0.39 is 0 Å². The summed E-state index contributed by atoms with van der Waals surface area (Å²) >= 11 is 0. The summed E-state index contributed by atoms with van der Waals surface area (Å²) in [5.74, 6) is 2.80. The first-order chi connectivity index (χ1) is 13.7. The van der Waals surface area contributed by atoms with Crippen LogP contribution in [-0.4, -0.2) is 57.1 Å². The SMILES string of the molecule is COc1ccc(/C=C/CN2C[C@H]3c4ccc(OC)cc4OC[C@@]3(CO)C2)cc1. The summed E-state index contributed by atoms with van der Waals surface area (Å²) in [5, 5.41) is 10.2. The van der Waals surface area contributed by atoms with Gasteiger partial charge in [-0.2, -0.15) is 0 Å². The molecule has 2 aliphatic rings. The largest absolute Gasteiger partial charge is 0.497 e. The molecular weight excluding hydrogens is 354 g/mol. The van der Waals surface area contributed by atoms with Gasteiger partial charge in [0, 0.05) is 37.0 Å². The molecule has 28 heavy (non-hydrogen) atoms. The van der Waals surface area contributed by atoms with Gasteiger partial charge in [0.25, 0.3) is 0 Å². The number of benzene rings is 2. The Bertz CT molecular complexity index is 848. The summed E-state index contributed by atoms with van der Waals surface area (Å²) in [4.78, 5) is 2.39. The van der Waals surface area contributed by atoms with Gasteiger partial charge < -0.3 is 19.3 Å². The fourth-order valence-corrected chi connectivity index (χ4v) is 4.32. The summed E-state index contributed by atoms with van der Waals surface area (Å²) in [6.45, 7) is 3.24. The van der Waals surface area contributed by atoms with Gasteiger partial charge in [-0.05, 0) is 29.3 Å². The molecule has 0 amide bonds. The van der Waals surface area contributed by atoms with E-state index >= 15 is 0 Å². The standard InChI is InChI=1S/C23H27NO4/c1-26-18-7-5-17(6-8-18)4-3-11-24-13-21-20-10-9-19(27-2)12-22(20)28-16-23(21,14-24)15-25/h3-10,12,21,25H,11,13-16H2,1-2H3/b4-3+/t21-,23-/m0/s1. The third kappa shape index (κ3) is 3.48. The topological polar surface area (TPSA) is 51.2 Å². The van der Waals surface area contributed by atoms with Gasteiger partial charge in [-0.1, -0.05) is 30.4 Å². The lowest BCUT2D eigenvalue weighted by molar-refractivity contribution is 0.0467. The van der Waals surface area contributed by atoms with Gasteiger partial charge >= 0.3 is 0 Å². The van der Waals surface area contributed by atoms with Crippen molar-refractivity contribution >= 4 is 6.08 Å². The summed E-state index contributed by atoms with van der Waals surface area (Å²) in [7, 11) is 3.33. The van der Waals surface area contributed by atoms with Crippen LogP contribution in [0.2, 0.25) is 0 Å². The third-order valence-corrected chi connectivity index (χ3v) is 5.93. The molecule has 1 N–H and O–H groups in total. The summed E-state index contributed by atoms with van der Waals surface area (Å²) in [6.07, 6.45) is 4.31. The molecule has 0 unspecified atom stereocenters. The lowest BCUT2D eigenvalue weighted by atomic mass is 9.74. The normalized spacial score (nSPS) is 23.9. The van der Waals surface area contributed by atoms with E-state index in [4.69, 9.17) is 14.2 Å². The van der Waals surface area contributed by atoms with Crippen LogP contribution >= 0.6 is 0 Å². The van der Waals surface area contributed by atoms with E-state index in [-0.39, 0.29) is 17.9 Å². The van der Waals surface area contributed by atoms with E-state index in [1.165, 1.54) is 5.56 Å². The molecule has 0 aromatic heterocycles. The van der Waals surface area contributed by atoms with Crippen molar-refractivity contribution in [3.8, 4) is 17.2 Å². The highest BCUT2D eigenvalue weighted by Crippen LogP contribution is 2.49. The van der Waals surface area contributed by atoms with Gasteiger partial charge in [0.2, 0.25) is 0 Å². The summed E-state index contributed by atoms with van der Waals surface area (Å²) in [6, 6.07) is 14.0. The minimum atomic E-state index is -0.241. The second-order valence-electron chi connectivity index (χ2n) is 7.64. The predicted octanol–water partition coefficient (Wildman–Crippen LogP) is 3.19. The van der Waals surface area contributed by atoms with Crippen molar-refractivity contribution in [1.82, 2.24) is 4.90 Å². The number of nitrogens with zero attached hydrogens (tertiary/aromatic N) is 1. The molecule has 2 atom stereocenters. The van der Waals surface area contributed by atoms with Gasteiger partial charge in [0.15, 0.2) is 0 Å². The molecule has 1 fully saturated rings. The van der Waals surface area contributed by atoms with E-state index in [2.05, 4.69) is 23.1 Å². The monoisotopic (exact) mass is 381 g/mol. The molecule has 148 valence electrons. The lowest BCUT2D eigenvalue weighted by Crippen LogP contribution is -2.42. The third-order valence-electron chi connectivity index (χ3n) is 5.93. The average Bonchev–Trinajstić information content (AvgIpc) is 3.13. The zero-order valence-corrected chi connectivity index (χ0v) is 16.4. The minimum absolute atomic E-state index is 0.127. The number of aliphatic hydroxyl groups excluding tert-OH is 1. The summed E-state index contributed by atoms with van der Waals surface area (Å²) < 4.78 is 16.5. The Morgan fingerprint density at radius 2 is 1.89 bits per heavy atom. The first-order valence-corrected chi connectivity index (χ1v) is 9.62. The zero-order valence-electron chi connectivity index (χ0n) is 16.4. The Kier molecular flexibility index (Phi) is 5.29. The second-order valence-corrected chi connectivity index (χ2v) is 7.64. The van der Waals surface area contributed by atoms with Crippen LogP contribution in [-0.2, 0) is 0 Å². The molecular formula is C23H27NO4. The van der Waals surface area contributed by atoms with Crippen LogP contribution in [0.15, 0.2) is 48.5 Å². The van der Waals surface area contributed by atoms with E-state index in [1.807, 2.05) is 36.4 Å². The number of ether oxygens (including phenoxy) is 3. The predicted molar refractivity (Wildman–Crippen MR) is 109 cm³/mol. The number of methoxy groups -OCH3 is 2. The number of hydrogen-bond donors (Lipinski definition) is 1. The maximum absolute atomic E-state index is 10.2. The minimum Gasteiger partial charge on any atom is -0.497 e. The fourth-order valence-electron chi connectivity index (χ4n) is 4.32. The molecule has 2 aromatic rings. The molecule has 2 aromatic carbocycles. The highest BCUT2D eigenvalue weighted by molar-refractivity contribution is 5.51. The molecule has 1 saturated heterocycles. The number of aliphatic hydroxyl groups is 1. The van der Waals surface area contributed by atoms with Gasteiger partial charge in [0.1, 0.15) is 17.2 Å². The van der Waals surface area contributed by atoms with Gasteiger partial charge in [-0.3, -0.25) is 4.90 Å². The van der Waals surface area contributed by atoms with Crippen molar-refractivity contribution in [1.29, 1.82) is 0 Å². The van der Waals surface area contributed by atoms with Crippen LogP contribution in [0.1, 0.15) is 17.0 Å². The molecule has 0 radical (unpaired) electrons. The quantitative estimate of drug-likeness (QED) is 0.833.